The molecular weight excluding hydrogens is 308 g/mol. The Hall–Kier alpha value is -2.76. The van der Waals surface area contributed by atoms with Crippen molar-refractivity contribution in [3.63, 3.8) is 0 Å². The third-order valence-corrected chi connectivity index (χ3v) is 4.19. The molecule has 2 aromatic rings. The Balaban J connectivity index is 1.89. The zero-order valence-electron chi connectivity index (χ0n) is 13.8. The van der Waals surface area contributed by atoms with Crippen molar-refractivity contribution in [3.8, 4) is 11.5 Å². The maximum absolute atomic E-state index is 12.5. The van der Waals surface area contributed by atoms with Gasteiger partial charge in [-0.25, -0.2) is 0 Å². The minimum absolute atomic E-state index is 0.123. The summed E-state index contributed by atoms with van der Waals surface area (Å²) in [6.45, 7) is 0. The van der Waals surface area contributed by atoms with E-state index in [1.165, 1.54) is 14.2 Å². The van der Waals surface area contributed by atoms with Crippen molar-refractivity contribution in [3.05, 3.63) is 51.4 Å². The molecule has 1 amide bonds. The number of aromatic amines is 1. The number of ether oxygens (including phenoxy) is 2. The third kappa shape index (κ3) is 3.27. The first kappa shape index (κ1) is 16.1. The van der Waals surface area contributed by atoms with Crippen LogP contribution in [-0.2, 0) is 12.8 Å². The number of pyridine rings is 1. The van der Waals surface area contributed by atoms with Crippen molar-refractivity contribution in [2.24, 2.45) is 0 Å². The first-order valence-electron chi connectivity index (χ1n) is 7.90. The average Bonchev–Trinajstić information content (AvgIpc) is 2.60. The average molecular weight is 328 g/mol. The van der Waals surface area contributed by atoms with Crippen molar-refractivity contribution >= 4 is 11.6 Å². The summed E-state index contributed by atoms with van der Waals surface area (Å²) in [5.41, 5.74) is 2.27. The summed E-state index contributed by atoms with van der Waals surface area (Å²) in [7, 11) is 3.07. The number of carbonyl (C=O) groups is 1. The van der Waals surface area contributed by atoms with Gasteiger partial charge in [-0.3, -0.25) is 9.59 Å². The van der Waals surface area contributed by atoms with Crippen LogP contribution in [-0.4, -0.2) is 25.1 Å². The smallest absolute Gasteiger partial charge is 0.261 e. The molecule has 6 nitrogen and oxygen atoms in total. The van der Waals surface area contributed by atoms with Gasteiger partial charge in [-0.1, -0.05) is 0 Å². The van der Waals surface area contributed by atoms with E-state index in [0.29, 0.717) is 17.2 Å². The summed E-state index contributed by atoms with van der Waals surface area (Å²) in [4.78, 5) is 27.6. The number of methoxy groups -OCH3 is 2. The number of aromatic nitrogens is 1. The topological polar surface area (TPSA) is 80.4 Å². The van der Waals surface area contributed by atoms with Crippen LogP contribution in [0.5, 0.6) is 11.5 Å². The molecule has 2 N–H and O–H groups in total. The maximum Gasteiger partial charge on any atom is 0.261 e. The van der Waals surface area contributed by atoms with E-state index in [1.54, 1.807) is 24.3 Å². The van der Waals surface area contributed by atoms with E-state index in [-0.39, 0.29) is 11.1 Å². The Morgan fingerprint density at radius 1 is 1.04 bits per heavy atom. The van der Waals surface area contributed by atoms with Crippen LogP contribution in [0.4, 0.5) is 5.69 Å². The molecule has 3 rings (SSSR count). The number of aryl methyl sites for hydroxylation is 2. The summed E-state index contributed by atoms with van der Waals surface area (Å²) < 4.78 is 10.4. The molecule has 126 valence electrons. The molecule has 0 saturated carbocycles. The van der Waals surface area contributed by atoms with Crippen molar-refractivity contribution in [2.75, 3.05) is 19.5 Å². The molecular formula is C18H20N2O4. The summed E-state index contributed by atoms with van der Waals surface area (Å²) >= 11 is 0. The highest BCUT2D eigenvalue weighted by Gasteiger charge is 2.17. The summed E-state index contributed by atoms with van der Waals surface area (Å²) in [5.74, 6) is 0.674. The molecule has 0 saturated heterocycles. The predicted molar refractivity (Wildman–Crippen MR) is 91.2 cm³/mol. The van der Waals surface area contributed by atoms with E-state index in [9.17, 15) is 9.59 Å². The number of carbonyl (C=O) groups excluding carboxylic acids is 1. The number of hydrogen-bond acceptors (Lipinski definition) is 4. The van der Waals surface area contributed by atoms with Gasteiger partial charge in [-0.05, 0) is 37.3 Å². The highest BCUT2D eigenvalue weighted by molar-refractivity contribution is 6.04. The quantitative estimate of drug-likeness (QED) is 0.904. The van der Waals surface area contributed by atoms with E-state index in [2.05, 4.69) is 10.3 Å². The lowest BCUT2D eigenvalue weighted by Crippen LogP contribution is -2.26. The largest absolute Gasteiger partial charge is 0.497 e. The second-order valence-electron chi connectivity index (χ2n) is 5.78. The van der Waals surface area contributed by atoms with Gasteiger partial charge in [0.25, 0.3) is 11.5 Å². The Bertz CT molecular complexity index is 804. The lowest BCUT2D eigenvalue weighted by Gasteiger charge is -2.16. The van der Waals surface area contributed by atoms with Crippen LogP contribution in [0.2, 0.25) is 0 Å². The molecule has 1 heterocycles. The third-order valence-electron chi connectivity index (χ3n) is 4.19. The number of H-pyrrole nitrogens is 1. The Morgan fingerprint density at radius 3 is 2.38 bits per heavy atom. The molecule has 6 heteroatoms. The molecule has 1 aliphatic rings. The zero-order valence-corrected chi connectivity index (χ0v) is 13.8. The van der Waals surface area contributed by atoms with Gasteiger partial charge in [0.05, 0.1) is 14.2 Å². The molecule has 0 aliphatic heterocycles. The number of hydrogen-bond donors (Lipinski definition) is 2. The minimum Gasteiger partial charge on any atom is -0.497 e. The van der Waals surface area contributed by atoms with E-state index in [0.717, 1.165) is 36.9 Å². The molecule has 0 bridgehead atoms. The van der Waals surface area contributed by atoms with E-state index in [1.807, 2.05) is 0 Å². The van der Waals surface area contributed by atoms with Crippen LogP contribution in [0, 0.1) is 0 Å². The number of anilines is 1. The van der Waals surface area contributed by atoms with E-state index < -0.39 is 5.91 Å². The lowest BCUT2D eigenvalue weighted by molar-refractivity contribution is 0.102. The first-order valence-corrected chi connectivity index (χ1v) is 7.90. The Kier molecular flexibility index (Phi) is 4.55. The van der Waals surface area contributed by atoms with Crippen LogP contribution in [0.15, 0.2) is 29.1 Å². The molecule has 24 heavy (non-hydrogen) atoms. The highest BCUT2D eigenvalue weighted by atomic mass is 16.5. The molecule has 0 spiro atoms. The number of benzene rings is 1. The Labute approximate surface area is 139 Å². The number of rotatable bonds is 4. The van der Waals surface area contributed by atoms with Crippen LogP contribution in [0.3, 0.4) is 0 Å². The van der Waals surface area contributed by atoms with Crippen LogP contribution >= 0.6 is 0 Å². The van der Waals surface area contributed by atoms with Crippen molar-refractivity contribution in [1.29, 1.82) is 0 Å². The molecule has 0 unspecified atom stereocenters. The lowest BCUT2D eigenvalue weighted by atomic mass is 9.95. The number of nitrogens with one attached hydrogen (secondary N) is 2. The fourth-order valence-electron chi connectivity index (χ4n) is 2.92. The van der Waals surface area contributed by atoms with Crippen LogP contribution in [0.1, 0.15) is 34.5 Å². The highest BCUT2D eigenvalue weighted by Crippen LogP contribution is 2.26. The van der Waals surface area contributed by atoms with Crippen LogP contribution in [0.25, 0.3) is 0 Å². The van der Waals surface area contributed by atoms with Gasteiger partial charge in [0.1, 0.15) is 17.1 Å². The summed E-state index contributed by atoms with van der Waals surface area (Å²) in [6.07, 6.45) is 3.89. The van der Waals surface area contributed by atoms with Crippen LogP contribution < -0.4 is 20.3 Å². The maximum atomic E-state index is 12.5. The summed E-state index contributed by atoms with van der Waals surface area (Å²) in [5, 5.41) is 2.74. The van der Waals surface area contributed by atoms with Gasteiger partial charge in [0.2, 0.25) is 0 Å². The second kappa shape index (κ2) is 6.78. The van der Waals surface area contributed by atoms with Gasteiger partial charge >= 0.3 is 0 Å². The SMILES string of the molecule is COc1cc(NC(=O)c2cc3c([nH]c2=O)CCCC3)cc(OC)c1. The minimum atomic E-state index is -0.445. The molecule has 1 aromatic heterocycles. The number of fused-ring (bicyclic) bond motifs is 1. The normalized spacial score (nSPS) is 13.1. The molecule has 1 aliphatic carbocycles. The van der Waals surface area contributed by atoms with E-state index in [4.69, 9.17) is 9.47 Å². The Morgan fingerprint density at radius 2 is 1.71 bits per heavy atom. The second-order valence-corrected chi connectivity index (χ2v) is 5.78. The van der Waals surface area contributed by atoms with Gasteiger partial charge in [-0.2, -0.15) is 0 Å². The van der Waals surface area contributed by atoms with Gasteiger partial charge in [0, 0.05) is 29.6 Å². The van der Waals surface area contributed by atoms with Gasteiger partial charge in [-0.15, -0.1) is 0 Å². The monoisotopic (exact) mass is 328 g/mol. The van der Waals surface area contributed by atoms with Crippen molar-refractivity contribution < 1.29 is 14.3 Å². The fourth-order valence-corrected chi connectivity index (χ4v) is 2.92. The number of amides is 1. The van der Waals surface area contributed by atoms with Gasteiger partial charge in [0.15, 0.2) is 0 Å². The molecule has 1 aromatic carbocycles. The summed E-state index contributed by atoms with van der Waals surface area (Å²) in [6, 6.07) is 6.77. The zero-order chi connectivity index (χ0) is 17.1. The van der Waals surface area contributed by atoms with Crippen molar-refractivity contribution in [1.82, 2.24) is 4.98 Å². The molecule has 0 fully saturated rings. The molecule has 0 atom stereocenters. The standard InChI is InChI=1S/C18H20N2O4/c1-23-13-8-12(9-14(10-13)24-2)19-17(21)15-7-11-5-3-4-6-16(11)20-18(15)22/h7-10H,3-6H2,1-2H3,(H,19,21)(H,20,22). The van der Waals surface area contributed by atoms with E-state index >= 15 is 0 Å². The fraction of sp³-hybridized carbons (Fsp3) is 0.333. The van der Waals surface area contributed by atoms with Crippen molar-refractivity contribution in [2.45, 2.75) is 25.7 Å². The van der Waals surface area contributed by atoms with Gasteiger partial charge < -0.3 is 19.8 Å². The molecule has 0 radical (unpaired) electrons. The predicted octanol–water partition coefficient (Wildman–Crippen LogP) is 2.52. The first-order chi connectivity index (χ1) is 11.6.